The van der Waals surface area contributed by atoms with E-state index in [0.29, 0.717) is 52.4 Å². The number of benzene rings is 1. The van der Waals surface area contributed by atoms with Gasteiger partial charge in [-0.1, -0.05) is 30.4 Å². The zero-order valence-electron chi connectivity index (χ0n) is 17.1. The van der Waals surface area contributed by atoms with Gasteiger partial charge < -0.3 is 25.0 Å². The molecule has 0 unspecified atom stereocenters. The minimum absolute atomic E-state index is 0.0370. The van der Waals surface area contributed by atoms with Crippen LogP contribution in [-0.4, -0.2) is 63.2 Å². The van der Waals surface area contributed by atoms with Gasteiger partial charge in [-0.05, 0) is 24.3 Å². The van der Waals surface area contributed by atoms with E-state index in [0.717, 1.165) is 17.7 Å². The average molecular weight is 402 g/mol. The first-order valence-corrected chi connectivity index (χ1v) is 10.3. The van der Waals surface area contributed by atoms with Crippen LogP contribution in [0.3, 0.4) is 0 Å². The van der Waals surface area contributed by atoms with Crippen molar-refractivity contribution in [1.29, 1.82) is 0 Å². The summed E-state index contributed by atoms with van der Waals surface area (Å²) in [5.41, 5.74) is 1.04. The van der Waals surface area contributed by atoms with Gasteiger partial charge in [0.1, 0.15) is 12.4 Å². The topological polar surface area (TPSA) is 79.9 Å². The number of carbonyl (C=O) groups is 2. The summed E-state index contributed by atoms with van der Waals surface area (Å²) in [4.78, 5) is 26.8. The van der Waals surface area contributed by atoms with Crippen LogP contribution in [-0.2, 0) is 20.9 Å². The van der Waals surface area contributed by atoms with Crippen molar-refractivity contribution in [2.45, 2.75) is 19.4 Å². The molecule has 29 heavy (non-hydrogen) atoms. The van der Waals surface area contributed by atoms with Crippen LogP contribution in [0.1, 0.15) is 18.4 Å². The van der Waals surface area contributed by atoms with Gasteiger partial charge in [-0.25, -0.2) is 0 Å². The highest BCUT2D eigenvalue weighted by Crippen LogP contribution is 2.28. The van der Waals surface area contributed by atoms with Crippen LogP contribution in [0.15, 0.2) is 36.4 Å². The van der Waals surface area contributed by atoms with Gasteiger partial charge in [0, 0.05) is 45.3 Å². The van der Waals surface area contributed by atoms with E-state index in [4.69, 9.17) is 9.47 Å². The second-order valence-electron chi connectivity index (χ2n) is 7.55. The number of nitrogens with zero attached hydrogens (tertiary/aromatic N) is 1. The van der Waals surface area contributed by atoms with Crippen molar-refractivity contribution in [1.82, 2.24) is 15.5 Å². The van der Waals surface area contributed by atoms with Crippen LogP contribution >= 0.6 is 0 Å². The Labute approximate surface area is 172 Å². The zero-order valence-corrected chi connectivity index (χ0v) is 17.1. The molecular weight excluding hydrogens is 370 g/mol. The lowest BCUT2D eigenvalue weighted by Gasteiger charge is -2.37. The predicted molar refractivity (Wildman–Crippen MR) is 110 cm³/mol. The third kappa shape index (κ3) is 6.30. The van der Waals surface area contributed by atoms with Crippen molar-refractivity contribution >= 4 is 11.8 Å². The maximum absolute atomic E-state index is 12.7. The number of hydrogen-bond acceptors (Lipinski definition) is 5. The Kier molecular flexibility index (Phi) is 8.07. The van der Waals surface area contributed by atoms with E-state index >= 15 is 0 Å². The number of amides is 2. The molecule has 1 aromatic rings. The number of ether oxygens (including phenoxy) is 2. The van der Waals surface area contributed by atoms with Crippen molar-refractivity contribution in [3.05, 3.63) is 42.0 Å². The highest BCUT2D eigenvalue weighted by Gasteiger charge is 2.31. The maximum Gasteiger partial charge on any atom is 0.236 e. The molecule has 0 radical (unpaired) electrons. The Morgan fingerprint density at radius 1 is 1.34 bits per heavy atom. The number of fused-ring (bicyclic) bond motifs is 3. The lowest BCUT2D eigenvalue weighted by Crippen LogP contribution is -2.47. The third-order valence-electron chi connectivity index (χ3n) is 5.52. The van der Waals surface area contributed by atoms with Crippen molar-refractivity contribution in [2.75, 3.05) is 46.5 Å². The first-order valence-electron chi connectivity index (χ1n) is 10.3. The molecule has 2 heterocycles. The summed E-state index contributed by atoms with van der Waals surface area (Å²) in [6, 6.07) is 7.87. The summed E-state index contributed by atoms with van der Waals surface area (Å²) in [5.74, 6) is 1.32. The standard InChI is InChI=1S/C22H31N3O4/c1-28-12-9-24-21(26)13-17-8-10-25-16-19(17)6-4-11-29-20-7-3-2-5-18(20)14-23-15-22(25)27/h2-7,17,19,23H,8-16H2,1H3,(H,24,26)/t17-,19-/m0/s1. The fourth-order valence-corrected chi connectivity index (χ4v) is 3.91. The highest BCUT2D eigenvalue weighted by molar-refractivity contribution is 5.79. The number of methoxy groups -OCH3 is 1. The van der Waals surface area contributed by atoms with E-state index in [1.54, 1.807) is 7.11 Å². The first kappa shape index (κ1) is 21.3. The second kappa shape index (κ2) is 11.0. The molecule has 1 aromatic carbocycles. The monoisotopic (exact) mass is 401 g/mol. The zero-order chi connectivity index (χ0) is 20.5. The Bertz CT molecular complexity index is 722. The average Bonchev–Trinajstić information content (AvgIpc) is 2.73. The lowest BCUT2D eigenvalue weighted by molar-refractivity contribution is -0.132. The Balaban J connectivity index is 1.67. The fourth-order valence-electron chi connectivity index (χ4n) is 3.91. The number of hydrogen-bond donors (Lipinski definition) is 2. The van der Waals surface area contributed by atoms with E-state index in [1.807, 2.05) is 35.2 Å². The molecule has 1 saturated heterocycles. The Hall–Kier alpha value is -2.38. The van der Waals surface area contributed by atoms with E-state index in [1.165, 1.54) is 0 Å². The maximum atomic E-state index is 12.7. The van der Waals surface area contributed by atoms with Gasteiger partial charge in [-0.15, -0.1) is 0 Å². The molecule has 2 atom stereocenters. The summed E-state index contributed by atoms with van der Waals surface area (Å²) in [6.07, 6.45) is 5.40. The molecule has 0 aliphatic carbocycles. The smallest absolute Gasteiger partial charge is 0.236 e. The minimum atomic E-state index is 0.0370. The number of carbonyl (C=O) groups excluding carboxylic acids is 2. The van der Waals surface area contributed by atoms with Crippen molar-refractivity contribution in [2.24, 2.45) is 11.8 Å². The molecule has 7 heteroatoms. The quantitative estimate of drug-likeness (QED) is 0.575. The molecular formula is C22H31N3O4. The van der Waals surface area contributed by atoms with Gasteiger partial charge in [0.05, 0.1) is 13.2 Å². The summed E-state index contributed by atoms with van der Waals surface area (Å²) >= 11 is 0. The molecule has 158 valence electrons. The molecule has 2 aliphatic rings. The second-order valence-corrected chi connectivity index (χ2v) is 7.55. The highest BCUT2D eigenvalue weighted by atomic mass is 16.5. The number of para-hydroxylation sites is 1. The normalized spacial score (nSPS) is 22.5. The molecule has 1 fully saturated rings. The summed E-state index contributed by atoms with van der Waals surface area (Å²) in [6.45, 7) is 3.71. The summed E-state index contributed by atoms with van der Waals surface area (Å²) < 4.78 is 10.9. The van der Waals surface area contributed by atoms with Crippen molar-refractivity contribution < 1.29 is 19.1 Å². The van der Waals surface area contributed by atoms with E-state index in [-0.39, 0.29) is 23.7 Å². The van der Waals surface area contributed by atoms with Gasteiger partial charge in [0.2, 0.25) is 11.8 Å². The summed E-state index contributed by atoms with van der Waals surface area (Å²) in [7, 11) is 1.62. The van der Waals surface area contributed by atoms with E-state index in [9.17, 15) is 9.59 Å². The lowest BCUT2D eigenvalue weighted by atomic mass is 9.82. The molecule has 2 aliphatic heterocycles. The van der Waals surface area contributed by atoms with Gasteiger partial charge >= 0.3 is 0 Å². The largest absolute Gasteiger partial charge is 0.489 e. The van der Waals surface area contributed by atoms with Crippen LogP contribution in [0, 0.1) is 11.8 Å². The van der Waals surface area contributed by atoms with E-state index < -0.39 is 0 Å². The van der Waals surface area contributed by atoms with Crippen LogP contribution in [0.4, 0.5) is 0 Å². The van der Waals surface area contributed by atoms with Crippen LogP contribution in [0.2, 0.25) is 0 Å². The predicted octanol–water partition coefficient (Wildman–Crippen LogP) is 1.34. The molecule has 3 rings (SSSR count). The Morgan fingerprint density at radius 2 is 2.21 bits per heavy atom. The summed E-state index contributed by atoms with van der Waals surface area (Å²) in [5, 5.41) is 6.14. The number of rotatable bonds is 5. The van der Waals surface area contributed by atoms with Gasteiger partial charge in [0.15, 0.2) is 0 Å². The molecule has 2 bridgehead atoms. The van der Waals surface area contributed by atoms with Crippen molar-refractivity contribution in [3.8, 4) is 5.75 Å². The fraction of sp³-hybridized carbons (Fsp3) is 0.545. The molecule has 0 saturated carbocycles. The molecule has 0 spiro atoms. The molecule has 2 amide bonds. The molecule has 0 aromatic heterocycles. The molecule has 2 N–H and O–H groups in total. The van der Waals surface area contributed by atoms with Crippen molar-refractivity contribution in [3.63, 3.8) is 0 Å². The number of nitrogens with one attached hydrogen (secondary N) is 2. The minimum Gasteiger partial charge on any atom is -0.489 e. The SMILES string of the molecule is COCCNC(=O)C[C@@H]1CCN2C[C@@H]1C=CCOc1ccccc1CNCC2=O. The first-order chi connectivity index (χ1) is 14.2. The Morgan fingerprint density at radius 3 is 3.07 bits per heavy atom. The molecule has 7 nitrogen and oxygen atoms in total. The van der Waals surface area contributed by atoms with Crippen LogP contribution in [0.5, 0.6) is 5.75 Å². The van der Waals surface area contributed by atoms with Crippen LogP contribution < -0.4 is 15.4 Å². The van der Waals surface area contributed by atoms with Gasteiger partial charge in [-0.2, -0.15) is 0 Å². The third-order valence-corrected chi connectivity index (χ3v) is 5.52. The number of piperidine rings is 1. The van der Waals surface area contributed by atoms with Gasteiger partial charge in [0.25, 0.3) is 0 Å². The van der Waals surface area contributed by atoms with E-state index in [2.05, 4.69) is 16.7 Å². The van der Waals surface area contributed by atoms with Crippen LogP contribution in [0.25, 0.3) is 0 Å². The van der Waals surface area contributed by atoms with Gasteiger partial charge in [-0.3, -0.25) is 9.59 Å².